The lowest BCUT2D eigenvalue weighted by Crippen LogP contribution is -2.60. The van der Waals surface area contributed by atoms with Gasteiger partial charge in [0, 0.05) is 29.4 Å². The molecule has 0 radical (unpaired) electrons. The molecule has 246 valence electrons. The van der Waals surface area contributed by atoms with Gasteiger partial charge in [0.1, 0.15) is 11.6 Å². The molecule has 7 rings (SSSR count). The molecule has 2 N–H and O–H groups in total. The Labute approximate surface area is 275 Å². The van der Waals surface area contributed by atoms with Crippen LogP contribution in [0.4, 0.5) is 14.5 Å². The summed E-state index contributed by atoms with van der Waals surface area (Å²) >= 11 is 5.94. The van der Waals surface area contributed by atoms with E-state index in [9.17, 15) is 18.4 Å². The van der Waals surface area contributed by atoms with Crippen LogP contribution in [0.5, 0.6) is 5.75 Å². The summed E-state index contributed by atoms with van der Waals surface area (Å²) in [6.07, 6.45) is 8.36. The highest BCUT2D eigenvalue weighted by Crippen LogP contribution is 2.42. The number of alkyl halides is 2. The molecule has 1 aliphatic carbocycles. The highest BCUT2D eigenvalue weighted by Gasteiger charge is 2.47. The molecule has 0 bridgehead atoms. The summed E-state index contributed by atoms with van der Waals surface area (Å²) in [5.74, 6) is -2.35. The van der Waals surface area contributed by atoms with Crippen molar-refractivity contribution in [1.29, 1.82) is 0 Å². The summed E-state index contributed by atoms with van der Waals surface area (Å²) in [5.41, 5.74) is 9.44. The lowest BCUT2D eigenvalue weighted by molar-refractivity contribution is -0.150. The Kier molecular flexibility index (Phi) is 8.07. The van der Waals surface area contributed by atoms with Gasteiger partial charge in [-0.25, -0.2) is 28.4 Å². The van der Waals surface area contributed by atoms with Crippen molar-refractivity contribution in [2.24, 2.45) is 11.7 Å². The van der Waals surface area contributed by atoms with Crippen molar-refractivity contribution in [2.75, 3.05) is 24.6 Å². The number of carbonyl (C=O) groups is 2. The summed E-state index contributed by atoms with van der Waals surface area (Å²) < 4.78 is 34.8. The van der Waals surface area contributed by atoms with E-state index in [4.69, 9.17) is 32.2 Å². The molecule has 1 saturated carbocycles. The number of nitrogens with zero attached hydrogens (tertiary/aromatic N) is 7. The monoisotopic (exact) mass is 664 g/mol. The Bertz CT molecular complexity index is 1850. The van der Waals surface area contributed by atoms with Crippen LogP contribution in [-0.2, 0) is 17.8 Å². The molecule has 11 nitrogen and oxygen atoms in total. The number of likely N-dealkylation sites (tertiary alicyclic amines) is 1. The standard InChI is InChI=1S/C33H35ClF2N8O3/c1-18(2)9-24-30(31(37)46)29(19-3-8-25-26(10-19)47-15-28(45)43(25)14-27-38-11-20(34)12-39-27)23-13-40-44(32(23)41-24)22-6-4-21(5-7-22)42-16-33(35,36)17-42/h3,8,10-13,18,21-22H,4-7,9,14-17H2,1-2H3,(H2,37,46). The fraction of sp³-hybridized carbons (Fsp3) is 0.455. The topological polar surface area (TPSA) is 132 Å². The van der Waals surface area contributed by atoms with Crippen molar-refractivity contribution < 1.29 is 23.1 Å². The van der Waals surface area contributed by atoms with Crippen molar-refractivity contribution >= 4 is 40.1 Å². The zero-order valence-corrected chi connectivity index (χ0v) is 26.9. The van der Waals surface area contributed by atoms with Crippen molar-refractivity contribution in [2.45, 2.75) is 70.5 Å². The first-order chi connectivity index (χ1) is 22.5. The minimum atomic E-state index is -2.58. The Morgan fingerprint density at radius 1 is 1.11 bits per heavy atom. The van der Waals surface area contributed by atoms with Gasteiger partial charge in [-0.2, -0.15) is 5.10 Å². The van der Waals surface area contributed by atoms with E-state index in [-0.39, 0.29) is 50.1 Å². The zero-order valence-electron chi connectivity index (χ0n) is 26.1. The van der Waals surface area contributed by atoms with Crippen LogP contribution >= 0.6 is 11.6 Å². The number of amides is 2. The third-order valence-electron chi connectivity index (χ3n) is 9.23. The van der Waals surface area contributed by atoms with Crippen LogP contribution in [-0.4, -0.2) is 73.1 Å². The molecular weight excluding hydrogens is 630 g/mol. The Balaban J connectivity index is 1.27. The minimum absolute atomic E-state index is 0.0405. The van der Waals surface area contributed by atoms with Gasteiger partial charge in [-0.3, -0.25) is 19.4 Å². The van der Waals surface area contributed by atoms with Gasteiger partial charge in [0.15, 0.2) is 12.3 Å². The van der Waals surface area contributed by atoms with Crippen LogP contribution in [0.3, 0.4) is 0 Å². The molecule has 1 aromatic carbocycles. The van der Waals surface area contributed by atoms with Crippen LogP contribution in [0, 0.1) is 5.92 Å². The molecule has 2 fully saturated rings. The maximum atomic E-state index is 13.5. The van der Waals surface area contributed by atoms with Gasteiger partial charge in [0.2, 0.25) is 0 Å². The number of ether oxygens (including phenoxy) is 1. The lowest BCUT2D eigenvalue weighted by atomic mass is 9.88. The number of primary amides is 1. The van der Waals surface area contributed by atoms with E-state index in [1.807, 2.05) is 21.7 Å². The van der Waals surface area contributed by atoms with Gasteiger partial charge in [-0.1, -0.05) is 31.5 Å². The second-order valence-corrected chi connectivity index (χ2v) is 13.5. The second kappa shape index (κ2) is 12.1. The van der Waals surface area contributed by atoms with Crippen LogP contribution < -0.4 is 15.4 Å². The van der Waals surface area contributed by atoms with E-state index in [2.05, 4.69) is 23.8 Å². The number of carbonyl (C=O) groups excluding carboxylic acids is 2. The van der Waals surface area contributed by atoms with Crippen LogP contribution in [0.2, 0.25) is 5.02 Å². The molecule has 14 heteroatoms. The van der Waals surface area contributed by atoms with E-state index in [0.717, 1.165) is 25.7 Å². The molecule has 5 heterocycles. The number of fused-ring (bicyclic) bond motifs is 2. The van der Waals surface area contributed by atoms with Gasteiger partial charge in [-0.15, -0.1) is 0 Å². The molecule has 4 aromatic rings. The quantitative estimate of drug-likeness (QED) is 0.272. The van der Waals surface area contributed by atoms with Crippen LogP contribution in [0.1, 0.15) is 67.4 Å². The molecular formula is C33H35ClF2N8O3. The van der Waals surface area contributed by atoms with Crippen molar-refractivity contribution in [3.8, 4) is 16.9 Å². The number of anilines is 1. The average molecular weight is 665 g/mol. The van der Waals surface area contributed by atoms with Gasteiger partial charge >= 0.3 is 0 Å². The van der Waals surface area contributed by atoms with Crippen molar-refractivity contribution in [1.82, 2.24) is 29.6 Å². The number of nitrogens with two attached hydrogens (primary N) is 1. The Morgan fingerprint density at radius 3 is 2.47 bits per heavy atom. The molecule has 2 aliphatic heterocycles. The van der Waals surface area contributed by atoms with E-state index < -0.39 is 11.8 Å². The largest absolute Gasteiger partial charge is 0.482 e. The van der Waals surface area contributed by atoms with E-state index in [1.165, 1.54) is 12.4 Å². The van der Waals surface area contributed by atoms with Gasteiger partial charge in [-0.05, 0) is 55.7 Å². The Morgan fingerprint density at radius 2 is 1.81 bits per heavy atom. The summed E-state index contributed by atoms with van der Waals surface area (Å²) in [6.45, 7) is 3.72. The van der Waals surface area contributed by atoms with E-state index in [1.54, 1.807) is 17.2 Å². The van der Waals surface area contributed by atoms with Crippen molar-refractivity contribution in [3.63, 3.8) is 0 Å². The third-order valence-corrected chi connectivity index (χ3v) is 9.42. The maximum Gasteiger partial charge on any atom is 0.272 e. The lowest BCUT2D eigenvalue weighted by Gasteiger charge is -2.46. The minimum Gasteiger partial charge on any atom is -0.482 e. The highest BCUT2D eigenvalue weighted by atomic mass is 35.5. The first-order valence-electron chi connectivity index (χ1n) is 15.8. The first kappa shape index (κ1) is 31.4. The molecule has 1 saturated heterocycles. The van der Waals surface area contributed by atoms with E-state index >= 15 is 0 Å². The third kappa shape index (κ3) is 6.02. The summed E-state index contributed by atoms with van der Waals surface area (Å²) in [6, 6.07) is 5.61. The number of pyridine rings is 1. The summed E-state index contributed by atoms with van der Waals surface area (Å²) in [7, 11) is 0. The van der Waals surface area contributed by atoms with Gasteiger partial charge in [0.25, 0.3) is 17.7 Å². The maximum absolute atomic E-state index is 13.5. The highest BCUT2D eigenvalue weighted by molar-refractivity contribution is 6.30. The zero-order chi connectivity index (χ0) is 33.0. The van der Waals surface area contributed by atoms with Crippen LogP contribution in [0.15, 0.2) is 36.8 Å². The van der Waals surface area contributed by atoms with E-state index in [0.29, 0.717) is 62.1 Å². The molecule has 2 amide bonds. The Hall–Kier alpha value is -4.23. The molecule has 47 heavy (non-hydrogen) atoms. The summed E-state index contributed by atoms with van der Waals surface area (Å²) in [5, 5.41) is 5.85. The number of benzene rings is 1. The van der Waals surface area contributed by atoms with Crippen molar-refractivity contribution in [3.05, 3.63) is 58.9 Å². The SMILES string of the molecule is CC(C)Cc1nc2c(cnn2C2CCC(N3CC(F)(F)C3)CC2)c(-c2ccc3c(c2)OCC(=O)N3Cc2ncc(Cl)cn2)c1C(N)=O. The number of hydrogen-bond donors (Lipinski definition) is 1. The predicted octanol–water partition coefficient (Wildman–Crippen LogP) is 5.20. The number of aromatic nitrogens is 5. The molecule has 0 atom stereocenters. The smallest absolute Gasteiger partial charge is 0.272 e. The number of rotatable bonds is 8. The molecule has 0 unspecified atom stereocenters. The van der Waals surface area contributed by atoms with Crippen LogP contribution in [0.25, 0.3) is 22.2 Å². The number of halogens is 3. The second-order valence-electron chi connectivity index (χ2n) is 13.1. The van der Waals surface area contributed by atoms with Gasteiger partial charge < -0.3 is 10.5 Å². The summed E-state index contributed by atoms with van der Waals surface area (Å²) in [4.78, 5) is 42.9. The number of hydrogen-bond acceptors (Lipinski definition) is 8. The molecule has 0 spiro atoms. The molecule has 3 aromatic heterocycles. The first-order valence-corrected chi connectivity index (χ1v) is 16.2. The van der Waals surface area contributed by atoms with Gasteiger partial charge in [0.05, 0.1) is 53.8 Å². The molecule has 3 aliphatic rings. The fourth-order valence-corrected chi connectivity index (χ4v) is 7.14. The predicted molar refractivity (Wildman–Crippen MR) is 172 cm³/mol. The fourth-order valence-electron chi connectivity index (χ4n) is 7.04. The normalized spacial score (nSPS) is 21.1. The average Bonchev–Trinajstić information content (AvgIpc) is 3.44.